The molecule has 3 rings (SSSR count). The van der Waals surface area contributed by atoms with Crippen LogP contribution in [0, 0.1) is 13.8 Å². The second-order valence-electron chi connectivity index (χ2n) is 5.65. The standard InChI is InChI=1S/C18H20N4O2/c1-13-6-7-15(11-14(13)2)21-18(23)19-12-16(17-5-3-10-24-17)22-9-4-8-20-22/h3-11,16H,12H2,1-2H3,(H2,19,21,23). The first-order valence-corrected chi connectivity index (χ1v) is 7.78. The maximum atomic E-state index is 12.2. The fraction of sp³-hybridized carbons (Fsp3) is 0.222. The Hall–Kier alpha value is -3.02. The van der Waals surface area contributed by atoms with E-state index >= 15 is 0 Å². The number of nitrogens with one attached hydrogen (secondary N) is 2. The lowest BCUT2D eigenvalue weighted by Gasteiger charge is -2.16. The van der Waals surface area contributed by atoms with Crippen molar-refractivity contribution in [2.75, 3.05) is 11.9 Å². The minimum absolute atomic E-state index is 0.194. The second kappa shape index (κ2) is 7.04. The highest BCUT2D eigenvalue weighted by molar-refractivity contribution is 5.89. The van der Waals surface area contributed by atoms with Crippen molar-refractivity contribution in [1.82, 2.24) is 15.1 Å². The molecular weight excluding hydrogens is 304 g/mol. The van der Waals surface area contributed by atoms with E-state index in [0.717, 1.165) is 17.0 Å². The molecule has 0 saturated heterocycles. The molecule has 0 spiro atoms. The quantitative estimate of drug-likeness (QED) is 0.754. The molecule has 0 aliphatic heterocycles. The molecule has 0 fully saturated rings. The van der Waals surface area contributed by atoms with E-state index in [4.69, 9.17) is 4.42 Å². The first-order chi connectivity index (χ1) is 11.6. The molecule has 2 heterocycles. The Morgan fingerprint density at radius 3 is 2.79 bits per heavy atom. The lowest BCUT2D eigenvalue weighted by Crippen LogP contribution is -2.34. The van der Waals surface area contributed by atoms with Crippen molar-refractivity contribution in [3.8, 4) is 0 Å². The molecule has 0 radical (unpaired) electrons. The van der Waals surface area contributed by atoms with E-state index in [1.165, 1.54) is 5.56 Å². The SMILES string of the molecule is Cc1ccc(NC(=O)NCC(c2ccco2)n2cccn2)cc1C. The molecule has 0 aliphatic carbocycles. The summed E-state index contributed by atoms with van der Waals surface area (Å²) in [6.07, 6.45) is 5.15. The van der Waals surface area contributed by atoms with Gasteiger partial charge in [-0.1, -0.05) is 6.07 Å². The molecule has 1 atom stereocenters. The Balaban J connectivity index is 1.64. The zero-order valence-corrected chi connectivity index (χ0v) is 13.7. The molecule has 6 nitrogen and oxygen atoms in total. The van der Waals surface area contributed by atoms with Gasteiger partial charge in [0.1, 0.15) is 11.8 Å². The van der Waals surface area contributed by atoms with Crippen LogP contribution in [0.1, 0.15) is 22.9 Å². The Morgan fingerprint density at radius 2 is 2.12 bits per heavy atom. The van der Waals surface area contributed by atoms with E-state index in [0.29, 0.717) is 6.54 Å². The van der Waals surface area contributed by atoms with Crippen molar-refractivity contribution in [2.45, 2.75) is 19.9 Å². The topological polar surface area (TPSA) is 72.1 Å². The minimum Gasteiger partial charge on any atom is -0.467 e. The molecular formula is C18H20N4O2. The van der Waals surface area contributed by atoms with Crippen LogP contribution in [0.25, 0.3) is 0 Å². The fourth-order valence-corrected chi connectivity index (χ4v) is 2.45. The van der Waals surface area contributed by atoms with Crippen LogP contribution >= 0.6 is 0 Å². The van der Waals surface area contributed by atoms with Crippen LogP contribution in [0.5, 0.6) is 0 Å². The lowest BCUT2D eigenvalue weighted by molar-refractivity contribution is 0.250. The molecule has 2 amide bonds. The number of amides is 2. The molecule has 1 aromatic carbocycles. The molecule has 2 aromatic heterocycles. The molecule has 0 saturated carbocycles. The van der Waals surface area contributed by atoms with Gasteiger partial charge in [-0.2, -0.15) is 5.10 Å². The fourth-order valence-electron chi connectivity index (χ4n) is 2.45. The number of urea groups is 1. The van der Waals surface area contributed by atoms with Gasteiger partial charge in [0.15, 0.2) is 0 Å². The number of nitrogens with zero attached hydrogens (tertiary/aromatic N) is 2. The Kier molecular flexibility index (Phi) is 4.65. The van der Waals surface area contributed by atoms with Crippen molar-refractivity contribution in [3.63, 3.8) is 0 Å². The van der Waals surface area contributed by atoms with Crippen molar-refractivity contribution in [1.29, 1.82) is 0 Å². The smallest absolute Gasteiger partial charge is 0.319 e. The lowest BCUT2D eigenvalue weighted by atomic mass is 10.1. The Labute approximate surface area is 140 Å². The van der Waals surface area contributed by atoms with Gasteiger partial charge >= 0.3 is 6.03 Å². The van der Waals surface area contributed by atoms with Crippen LogP contribution < -0.4 is 10.6 Å². The number of hydrogen-bond acceptors (Lipinski definition) is 3. The first kappa shape index (κ1) is 15.9. The molecule has 6 heteroatoms. The molecule has 0 bridgehead atoms. The highest BCUT2D eigenvalue weighted by Gasteiger charge is 2.18. The summed E-state index contributed by atoms with van der Waals surface area (Å²) >= 11 is 0. The normalized spacial score (nSPS) is 11.9. The van der Waals surface area contributed by atoms with Gasteiger partial charge in [-0.15, -0.1) is 0 Å². The molecule has 2 N–H and O–H groups in total. The number of furan rings is 1. The molecule has 1 unspecified atom stereocenters. The van der Waals surface area contributed by atoms with Crippen LogP contribution in [-0.4, -0.2) is 22.4 Å². The zero-order chi connectivity index (χ0) is 16.9. The van der Waals surface area contributed by atoms with Crippen molar-refractivity contribution >= 4 is 11.7 Å². The average Bonchev–Trinajstić information content (AvgIpc) is 3.25. The highest BCUT2D eigenvalue weighted by Crippen LogP contribution is 2.17. The summed E-state index contributed by atoms with van der Waals surface area (Å²) in [6.45, 7) is 4.42. The highest BCUT2D eigenvalue weighted by atomic mass is 16.3. The molecule has 124 valence electrons. The number of aromatic nitrogens is 2. The van der Waals surface area contributed by atoms with Crippen molar-refractivity contribution in [3.05, 3.63) is 71.9 Å². The number of carbonyl (C=O) groups is 1. The Morgan fingerprint density at radius 1 is 1.25 bits per heavy atom. The van der Waals surface area contributed by atoms with E-state index in [1.807, 2.05) is 56.4 Å². The maximum Gasteiger partial charge on any atom is 0.319 e. The number of carbonyl (C=O) groups excluding carboxylic acids is 1. The van der Waals surface area contributed by atoms with Crippen LogP contribution in [0.3, 0.4) is 0 Å². The molecule has 24 heavy (non-hydrogen) atoms. The van der Waals surface area contributed by atoms with Gasteiger partial charge < -0.3 is 15.1 Å². The summed E-state index contributed by atoms with van der Waals surface area (Å²) in [4.78, 5) is 12.2. The monoisotopic (exact) mass is 324 g/mol. The third kappa shape index (κ3) is 3.65. The van der Waals surface area contributed by atoms with Gasteiger partial charge in [-0.05, 0) is 55.3 Å². The summed E-state index contributed by atoms with van der Waals surface area (Å²) in [5, 5.41) is 9.96. The molecule has 3 aromatic rings. The second-order valence-corrected chi connectivity index (χ2v) is 5.65. The van der Waals surface area contributed by atoms with Gasteiger partial charge in [-0.25, -0.2) is 4.79 Å². The van der Waals surface area contributed by atoms with Gasteiger partial charge in [-0.3, -0.25) is 4.68 Å². The van der Waals surface area contributed by atoms with Gasteiger partial charge in [0.2, 0.25) is 0 Å². The predicted octanol–water partition coefficient (Wildman–Crippen LogP) is 3.50. The number of aryl methyl sites for hydroxylation is 2. The van der Waals surface area contributed by atoms with E-state index in [2.05, 4.69) is 15.7 Å². The maximum absolute atomic E-state index is 12.2. The van der Waals surface area contributed by atoms with Crippen molar-refractivity contribution in [2.24, 2.45) is 0 Å². The van der Waals surface area contributed by atoms with Gasteiger partial charge in [0.05, 0.1) is 6.26 Å². The third-order valence-electron chi connectivity index (χ3n) is 3.94. The largest absolute Gasteiger partial charge is 0.467 e. The Bertz CT molecular complexity index is 760. The summed E-state index contributed by atoms with van der Waals surface area (Å²) in [5.74, 6) is 0.741. The van der Waals surface area contributed by atoms with E-state index in [-0.39, 0.29) is 12.1 Å². The van der Waals surface area contributed by atoms with Crippen LogP contribution in [0.4, 0.5) is 10.5 Å². The zero-order valence-electron chi connectivity index (χ0n) is 13.7. The number of hydrogen-bond donors (Lipinski definition) is 2. The van der Waals surface area contributed by atoms with Crippen LogP contribution in [-0.2, 0) is 0 Å². The van der Waals surface area contributed by atoms with Crippen LogP contribution in [0.2, 0.25) is 0 Å². The van der Waals surface area contributed by atoms with E-state index in [9.17, 15) is 4.79 Å². The summed E-state index contributed by atoms with van der Waals surface area (Å²) in [7, 11) is 0. The van der Waals surface area contributed by atoms with E-state index < -0.39 is 0 Å². The summed E-state index contributed by atoms with van der Waals surface area (Å²) < 4.78 is 7.23. The average molecular weight is 324 g/mol. The van der Waals surface area contributed by atoms with E-state index in [1.54, 1.807) is 17.1 Å². The first-order valence-electron chi connectivity index (χ1n) is 7.78. The molecule has 0 aliphatic rings. The minimum atomic E-state index is -0.262. The van der Waals surface area contributed by atoms with Crippen molar-refractivity contribution < 1.29 is 9.21 Å². The van der Waals surface area contributed by atoms with Crippen LogP contribution in [0.15, 0.2) is 59.5 Å². The van der Waals surface area contributed by atoms with Gasteiger partial charge in [0.25, 0.3) is 0 Å². The summed E-state index contributed by atoms with van der Waals surface area (Å²) in [5.41, 5.74) is 3.10. The van der Waals surface area contributed by atoms with Gasteiger partial charge in [0, 0.05) is 24.6 Å². The number of rotatable bonds is 5. The third-order valence-corrected chi connectivity index (χ3v) is 3.94. The summed E-state index contributed by atoms with van der Waals surface area (Å²) in [6, 6.07) is 10.9. The predicted molar refractivity (Wildman–Crippen MR) is 92.0 cm³/mol. The number of benzene rings is 1. The number of anilines is 1.